The third kappa shape index (κ3) is 4.18. The van der Waals surface area contributed by atoms with Crippen molar-refractivity contribution in [2.75, 3.05) is 24.9 Å². The highest BCUT2D eigenvalue weighted by Crippen LogP contribution is 2.30. The number of ether oxygens (including phenoxy) is 2. The van der Waals surface area contributed by atoms with Crippen molar-refractivity contribution >= 4 is 23.1 Å². The lowest BCUT2D eigenvalue weighted by molar-refractivity contribution is 0.355. The molecule has 3 rings (SSSR count). The number of nitrogens with zero attached hydrogens (tertiary/aromatic N) is 3. The number of nitrogens with one attached hydrogen (secondary N) is 2. The number of rotatable bonds is 7. The molecule has 0 aliphatic heterocycles. The summed E-state index contributed by atoms with van der Waals surface area (Å²) < 4.78 is 10.6. The van der Waals surface area contributed by atoms with Gasteiger partial charge in [-0.15, -0.1) is 5.10 Å². The van der Waals surface area contributed by atoms with Gasteiger partial charge in [0.25, 0.3) is 0 Å². The van der Waals surface area contributed by atoms with E-state index in [0.29, 0.717) is 23.3 Å². The Morgan fingerprint density at radius 3 is 2.31 bits per heavy atom. The summed E-state index contributed by atoms with van der Waals surface area (Å²) in [6.45, 7) is 2.12. The average Bonchev–Trinajstić information content (AvgIpc) is 2.69. The summed E-state index contributed by atoms with van der Waals surface area (Å²) in [6.07, 6.45) is 2.56. The molecule has 0 atom stereocenters. The van der Waals surface area contributed by atoms with Crippen molar-refractivity contribution in [3.8, 4) is 11.5 Å². The fourth-order valence-corrected chi connectivity index (χ4v) is 2.43. The lowest BCUT2D eigenvalue weighted by Crippen LogP contribution is -2.02. The van der Waals surface area contributed by atoms with E-state index < -0.39 is 0 Å². The zero-order chi connectivity index (χ0) is 18.4. The molecule has 134 valence electrons. The lowest BCUT2D eigenvalue weighted by atomic mass is 10.1. The fourth-order valence-electron chi connectivity index (χ4n) is 2.43. The molecule has 7 nitrogen and oxygen atoms in total. The van der Waals surface area contributed by atoms with Crippen LogP contribution in [-0.4, -0.2) is 29.4 Å². The zero-order valence-electron chi connectivity index (χ0n) is 15.0. The minimum Gasteiger partial charge on any atom is -0.493 e. The van der Waals surface area contributed by atoms with Gasteiger partial charge in [-0.25, -0.2) is 0 Å². The monoisotopic (exact) mass is 351 g/mol. The first kappa shape index (κ1) is 17.5. The standard InChI is InChI=1S/C19H21N5O2/c1-4-13-5-7-14(8-6-13)22-19-23-18(12-20-24-19)21-15-9-10-16(25-2)17(11-15)26-3/h5-12H,4H2,1-3H3,(H2,21,22,23,24). The smallest absolute Gasteiger partial charge is 0.249 e. The van der Waals surface area contributed by atoms with Crippen LogP contribution in [0.25, 0.3) is 0 Å². The molecular formula is C19H21N5O2. The average molecular weight is 351 g/mol. The van der Waals surface area contributed by atoms with Gasteiger partial charge in [0.05, 0.1) is 20.4 Å². The number of aromatic nitrogens is 3. The van der Waals surface area contributed by atoms with Crippen LogP contribution >= 0.6 is 0 Å². The Bertz CT molecular complexity index is 868. The van der Waals surface area contributed by atoms with Gasteiger partial charge in [-0.3, -0.25) is 0 Å². The Morgan fingerprint density at radius 2 is 1.62 bits per heavy atom. The van der Waals surface area contributed by atoms with E-state index >= 15 is 0 Å². The minimum absolute atomic E-state index is 0.416. The Hall–Kier alpha value is -3.35. The molecule has 0 spiro atoms. The summed E-state index contributed by atoms with van der Waals surface area (Å²) in [5, 5.41) is 14.4. The van der Waals surface area contributed by atoms with E-state index in [9.17, 15) is 0 Å². The summed E-state index contributed by atoms with van der Waals surface area (Å²) in [5.41, 5.74) is 2.99. The van der Waals surface area contributed by atoms with Gasteiger partial charge >= 0.3 is 0 Å². The molecule has 7 heteroatoms. The SMILES string of the molecule is CCc1ccc(Nc2nncc(Nc3ccc(OC)c(OC)c3)n2)cc1. The van der Waals surface area contributed by atoms with Crippen LogP contribution in [0.2, 0.25) is 0 Å². The molecule has 2 N–H and O–H groups in total. The summed E-state index contributed by atoms with van der Waals surface area (Å²) in [6, 6.07) is 13.7. The Morgan fingerprint density at radius 1 is 0.885 bits per heavy atom. The first-order chi connectivity index (χ1) is 12.7. The van der Waals surface area contributed by atoms with Crippen LogP contribution in [0.5, 0.6) is 11.5 Å². The number of anilines is 4. The second-order valence-corrected chi connectivity index (χ2v) is 5.54. The van der Waals surface area contributed by atoms with Gasteiger partial charge in [0.15, 0.2) is 17.3 Å². The van der Waals surface area contributed by atoms with Gasteiger partial charge in [-0.05, 0) is 36.2 Å². The maximum Gasteiger partial charge on any atom is 0.249 e. The maximum atomic E-state index is 5.31. The third-order valence-electron chi connectivity index (χ3n) is 3.83. The molecule has 2 aromatic carbocycles. The van der Waals surface area contributed by atoms with Gasteiger partial charge in [-0.2, -0.15) is 10.1 Å². The second-order valence-electron chi connectivity index (χ2n) is 5.54. The zero-order valence-corrected chi connectivity index (χ0v) is 15.0. The van der Waals surface area contributed by atoms with Crippen LogP contribution in [0, 0.1) is 0 Å². The molecule has 0 fully saturated rings. The summed E-state index contributed by atoms with van der Waals surface area (Å²) >= 11 is 0. The van der Waals surface area contributed by atoms with Crippen LogP contribution < -0.4 is 20.1 Å². The minimum atomic E-state index is 0.416. The molecule has 1 aromatic heterocycles. The van der Waals surface area contributed by atoms with Gasteiger partial charge < -0.3 is 20.1 Å². The van der Waals surface area contributed by atoms with Crippen molar-refractivity contribution < 1.29 is 9.47 Å². The normalized spacial score (nSPS) is 10.3. The van der Waals surface area contributed by atoms with Gasteiger partial charge in [0.2, 0.25) is 5.95 Å². The van der Waals surface area contributed by atoms with Crippen molar-refractivity contribution in [2.24, 2.45) is 0 Å². The predicted molar refractivity (Wildman–Crippen MR) is 102 cm³/mol. The fraction of sp³-hybridized carbons (Fsp3) is 0.211. The molecule has 3 aromatic rings. The maximum absolute atomic E-state index is 5.31. The first-order valence-electron chi connectivity index (χ1n) is 8.26. The highest BCUT2D eigenvalue weighted by Gasteiger charge is 2.06. The summed E-state index contributed by atoms with van der Waals surface area (Å²) in [4.78, 5) is 4.44. The molecule has 0 radical (unpaired) electrons. The highest BCUT2D eigenvalue weighted by molar-refractivity contribution is 5.62. The van der Waals surface area contributed by atoms with Crippen molar-refractivity contribution in [1.82, 2.24) is 15.2 Å². The van der Waals surface area contributed by atoms with E-state index in [-0.39, 0.29) is 0 Å². The molecule has 0 saturated heterocycles. The Balaban J connectivity index is 1.74. The van der Waals surface area contributed by atoms with E-state index in [1.165, 1.54) is 5.56 Å². The highest BCUT2D eigenvalue weighted by atomic mass is 16.5. The molecule has 0 bridgehead atoms. The van der Waals surface area contributed by atoms with Crippen molar-refractivity contribution in [3.63, 3.8) is 0 Å². The summed E-state index contributed by atoms with van der Waals surface area (Å²) in [5.74, 6) is 2.28. The molecule has 0 amide bonds. The van der Waals surface area contributed by atoms with Crippen LogP contribution in [0.15, 0.2) is 48.7 Å². The molecule has 0 aliphatic carbocycles. The number of methoxy groups -OCH3 is 2. The lowest BCUT2D eigenvalue weighted by Gasteiger charge is -2.11. The van der Waals surface area contributed by atoms with Gasteiger partial charge in [-0.1, -0.05) is 19.1 Å². The predicted octanol–water partition coefficient (Wildman–Crippen LogP) is 3.94. The molecule has 0 saturated carbocycles. The van der Waals surface area contributed by atoms with E-state index in [2.05, 4.69) is 44.9 Å². The number of aryl methyl sites for hydroxylation is 1. The van der Waals surface area contributed by atoms with Crippen molar-refractivity contribution in [1.29, 1.82) is 0 Å². The Kier molecular flexibility index (Phi) is 5.48. The van der Waals surface area contributed by atoms with E-state index in [4.69, 9.17) is 9.47 Å². The molecular weight excluding hydrogens is 330 g/mol. The van der Waals surface area contributed by atoms with Crippen LogP contribution in [0.4, 0.5) is 23.1 Å². The van der Waals surface area contributed by atoms with Crippen LogP contribution in [-0.2, 0) is 6.42 Å². The van der Waals surface area contributed by atoms with Gasteiger partial charge in [0, 0.05) is 17.4 Å². The number of benzene rings is 2. The van der Waals surface area contributed by atoms with Gasteiger partial charge in [0.1, 0.15) is 0 Å². The summed E-state index contributed by atoms with van der Waals surface area (Å²) in [7, 11) is 3.20. The van der Waals surface area contributed by atoms with E-state index in [0.717, 1.165) is 17.8 Å². The van der Waals surface area contributed by atoms with E-state index in [1.807, 2.05) is 30.3 Å². The molecule has 1 heterocycles. The van der Waals surface area contributed by atoms with Crippen LogP contribution in [0.1, 0.15) is 12.5 Å². The van der Waals surface area contributed by atoms with Crippen molar-refractivity contribution in [2.45, 2.75) is 13.3 Å². The largest absolute Gasteiger partial charge is 0.493 e. The second kappa shape index (κ2) is 8.15. The number of hydrogen-bond acceptors (Lipinski definition) is 7. The van der Waals surface area contributed by atoms with Crippen LogP contribution in [0.3, 0.4) is 0 Å². The molecule has 26 heavy (non-hydrogen) atoms. The Labute approximate surface area is 152 Å². The molecule has 0 unspecified atom stereocenters. The van der Waals surface area contributed by atoms with E-state index in [1.54, 1.807) is 20.4 Å². The molecule has 0 aliphatic rings. The third-order valence-corrected chi connectivity index (χ3v) is 3.83. The topological polar surface area (TPSA) is 81.2 Å². The quantitative estimate of drug-likeness (QED) is 0.667. The number of hydrogen-bond donors (Lipinski definition) is 2. The van der Waals surface area contributed by atoms with Crippen molar-refractivity contribution in [3.05, 3.63) is 54.2 Å². The first-order valence-corrected chi connectivity index (χ1v) is 8.26.